The molecule has 7 atom stereocenters. The normalized spacial score (nSPS) is 40.6. The summed E-state index contributed by atoms with van der Waals surface area (Å²) in [6.45, 7) is 7.02. The average molecular weight is 439 g/mol. The molecule has 174 valence electrons. The number of ether oxygens (including phenoxy) is 1. The first-order valence-electron chi connectivity index (χ1n) is 12.6. The lowest BCUT2D eigenvalue weighted by Crippen LogP contribution is -2.61. The number of rotatable bonds is 4. The van der Waals surface area contributed by atoms with Crippen LogP contribution >= 0.6 is 0 Å². The molecule has 5 nitrogen and oxygen atoms in total. The summed E-state index contributed by atoms with van der Waals surface area (Å²) in [6.07, 6.45) is 8.84. The summed E-state index contributed by atoms with van der Waals surface area (Å²) in [5.74, 6) is 2.26. The number of anilines is 1. The molecule has 1 aromatic carbocycles. The van der Waals surface area contributed by atoms with E-state index in [1.165, 1.54) is 31.2 Å². The average Bonchev–Trinajstić information content (AvgIpc) is 3.11. The fraction of sp³-hybridized carbons (Fsp3) is 0.704. The van der Waals surface area contributed by atoms with Crippen molar-refractivity contribution in [2.45, 2.75) is 84.3 Å². The first-order valence-corrected chi connectivity index (χ1v) is 12.6. The second kappa shape index (κ2) is 8.16. The number of amides is 2. The molecule has 1 heterocycles. The number of hydrogen-bond acceptors (Lipinski definition) is 3. The lowest BCUT2D eigenvalue weighted by Gasteiger charge is -2.60. The minimum absolute atomic E-state index is 0.0689. The molecule has 0 aromatic heterocycles. The van der Waals surface area contributed by atoms with E-state index < -0.39 is 0 Å². The molecule has 5 rings (SSSR count). The summed E-state index contributed by atoms with van der Waals surface area (Å²) in [6, 6.07) is 8.24. The summed E-state index contributed by atoms with van der Waals surface area (Å²) in [5, 5.41) is 6.28. The van der Waals surface area contributed by atoms with E-state index in [2.05, 4.69) is 24.5 Å². The molecule has 3 aliphatic carbocycles. The molecule has 4 aliphatic rings. The second-order valence-corrected chi connectivity index (χ2v) is 11.4. The number of hydrogen-bond donors (Lipinski definition) is 2. The van der Waals surface area contributed by atoms with Crippen molar-refractivity contribution in [2.75, 3.05) is 11.9 Å². The summed E-state index contributed by atoms with van der Waals surface area (Å²) < 4.78 is 6.29. The van der Waals surface area contributed by atoms with Gasteiger partial charge in [0.05, 0.1) is 6.10 Å². The highest BCUT2D eigenvalue weighted by Crippen LogP contribution is 2.64. The number of benzene rings is 1. The van der Waals surface area contributed by atoms with Crippen molar-refractivity contribution in [3.05, 3.63) is 29.8 Å². The fourth-order valence-electron chi connectivity index (χ4n) is 7.94. The predicted octanol–water partition coefficient (Wildman–Crippen LogP) is 4.84. The Labute approximate surface area is 192 Å². The molecular formula is C27H38N2O3. The quantitative estimate of drug-likeness (QED) is 0.707. The van der Waals surface area contributed by atoms with Gasteiger partial charge in [0.15, 0.2) is 0 Å². The standard InChI is InChI=1S/C27H38N2O3/c1-17-4-6-18(7-5-17)28-25(31)16-32-23-11-9-20-19-8-10-22-26(2,15-13-24(30)29-22)21(19)12-14-27(20,23)3/h4-7,19-23H,8-16H2,1-3H3,(H,28,31)(H,29,30)/t19-,20-,21-,22+,23-,26+,27-/m0/s1. The van der Waals surface area contributed by atoms with Gasteiger partial charge in [-0.15, -0.1) is 0 Å². The summed E-state index contributed by atoms with van der Waals surface area (Å²) in [7, 11) is 0. The van der Waals surface area contributed by atoms with Gasteiger partial charge in [-0.2, -0.15) is 0 Å². The van der Waals surface area contributed by atoms with Crippen LogP contribution in [0, 0.1) is 35.5 Å². The minimum Gasteiger partial charge on any atom is -0.368 e. The largest absolute Gasteiger partial charge is 0.368 e. The van der Waals surface area contributed by atoms with Gasteiger partial charge in [-0.25, -0.2) is 0 Å². The van der Waals surface area contributed by atoms with Crippen molar-refractivity contribution in [2.24, 2.45) is 28.6 Å². The van der Waals surface area contributed by atoms with Gasteiger partial charge in [0.1, 0.15) is 6.61 Å². The molecule has 2 N–H and O–H groups in total. The third-order valence-corrected chi connectivity index (χ3v) is 9.76. The molecule has 0 radical (unpaired) electrons. The highest BCUT2D eigenvalue weighted by atomic mass is 16.5. The van der Waals surface area contributed by atoms with Crippen molar-refractivity contribution < 1.29 is 14.3 Å². The van der Waals surface area contributed by atoms with Crippen LogP contribution in [-0.2, 0) is 14.3 Å². The molecular weight excluding hydrogens is 400 g/mol. The molecule has 32 heavy (non-hydrogen) atoms. The predicted molar refractivity (Wildman–Crippen MR) is 125 cm³/mol. The second-order valence-electron chi connectivity index (χ2n) is 11.4. The Morgan fingerprint density at radius 2 is 1.78 bits per heavy atom. The number of carbonyl (C=O) groups is 2. The Hall–Kier alpha value is -1.88. The fourth-order valence-corrected chi connectivity index (χ4v) is 7.94. The van der Waals surface area contributed by atoms with Crippen molar-refractivity contribution in [3.63, 3.8) is 0 Å². The van der Waals surface area contributed by atoms with E-state index >= 15 is 0 Å². The van der Waals surface area contributed by atoms with Crippen LogP contribution in [-0.4, -0.2) is 30.6 Å². The number of aryl methyl sites for hydroxylation is 1. The van der Waals surface area contributed by atoms with E-state index in [-0.39, 0.29) is 35.4 Å². The maximum atomic E-state index is 12.5. The smallest absolute Gasteiger partial charge is 0.250 e. The van der Waals surface area contributed by atoms with Crippen LogP contribution in [0.5, 0.6) is 0 Å². The van der Waals surface area contributed by atoms with Crippen LogP contribution in [0.3, 0.4) is 0 Å². The highest BCUT2D eigenvalue weighted by Gasteiger charge is 2.60. The zero-order valence-corrected chi connectivity index (χ0v) is 19.8. The molecule has 4 fully saturated rings. The minimum atomic E-state index is -0.0689. The van der Waals surface area contributed by atoms with Crippen molar-refractivity contribution in [3.8, 4) is 0 Å². The summed E-state index contributed by atoms with van der Waals surface area (Å²) in [5.41, 5.74) is 2.40. The monoisotopic (exact) mass is 438 g/mol. The molecule has 0 unspecified atom stereocenters. The van der Waals surface area contributed by atoms with Gasteiger partial charge in [-0.3, -0.25) is 9.59 Å². The van der Waals surface area contributed by atoms with Crippen molar-refractivity contribution >= 4 is 17.5 Å². The topological polar surface area (TPSA) is 67.4 Å². The molecule has 2 amide bonds. The van der Waals surface area contributed by atoms with Crippen LogP contribution < -0.4 is 10.6 Å². The Bertz CT molecular complexity index is 883. The van der Waals surface area contributed by atoms with Gasteiger partial charge >= 0.3 is 0 Å². The summed E-state index contributed by atoms with van der Waals surface area (Å²) in [4.78, 5) is 24.5. The van der Waals surface area contributed by atoms with Gasteiger partial charge in [-0.05, 0) is 92.6 Å². The van der Waals surface area contributed by atoms with Crippen LogP contribution in [0.25, 0.3) is 0 Å². The molecule has 0 spiro atoms. The van der Waals surface area contributed by atoms with Crippen LogP contribution in [0.1, 0.15) is 70.8 Å². The lowest BCUT2D eigenvalue weighted by atomic mass is 9.47. The van der Waals surface area contributed by atoms with E-state index in [0.29, 0.717) is 24.3 Å². The van der Waals surface area contributed by atoms with E-state index in [1.54, 1.807) is 0 Å². The third-order valence-electron chi connectivity index (χ3n) is 9.76. The van der Waals surface area contributed by atoms with Gasteiger partial charge < -0.3 is 15.4 Å². The van der Waals surface area contributed by atoms with Gasteiger partial charge in [0.2, 0.25) is 11.8 Å². The number of fused-ring (bicyclic) bond motifs is 5. The van der Waals surface area contributed by atoms with Crippen LogP contribution in [0.15, 0.2) is 24.3 Å². The molecule has 1 aliphatic heterocycles. The van der Waals surface area contributed by atoms with Crippen molar-refractivity contribution in [1.29, 1.82) is 0 Å². The molecule has 1 saturated heterocycles. The van der Waals surface area contributed by atoms with Crippen LogP contribution in [0.2, 0.25) is 0 Å². The van der Waals surface area contributed by atoms with E-state index in [9.17, 15) is 9.59 Å². The van der Waals surface area contributed by atoms with Gasteiger partial charge in [0.25, 0.3) is 0 Å². The number of piperidine rings is 1. The third kappa shape index (κ3) is 3.67. The molecule has 5 heteroatoms. The highest BCUT2D eigenvalue weighted by molar-refractivity contribution is 5.91. The Balaban J connectivity index is 1.22. The first-order chi connectivity index (χ1) is 15.3. The van der Waals surface area contributed by atoms with E-state index in [4.69, 9.17) is 4.74 Å². The lowest BCUT2D eigenvalue weighted by molar-refractivity contribution is -0.143. The maximum absolute atomic E-state index is 12.5. The molecule has 0 bridgehead atoms. The SMILES string of the molecule is Cc1ccc(NC(=O)CO[C@H]2CC[C@H]3[C@@H]4CC[C@H]5NC(=O)CC[C@]5(C)[C@H]4CC[C@]23C)cc1. The van der Waals surface area contributed by atoms with Crippen LogP contribution in [0.4, 0.5) is 5.69 Å². The summed E-state index contributed by atoms with van der Waals surface area (Å²) >= 11 is 0. The molecule has 1 aromatic rings. The zero-order valence-electron chi connectivity index (χ0n) is 19.8. The first kappa shape index (κ1) is 21.9. The molecule has 3 saturated carbocycles. The van der Waals surface area contributed by atoms with E-state index in [1.807, 2.05) is 31.2 Å². The Morgan fingerprint density at radius 1 is 1.03 bits per heavy atom. The van der Waals surface area contributed by atoms with Gasteiger partial charge in [-0.1, -0.05) is 31.5 Å². The maximum Gasteiger partial charge on any atom is 0.250 e. The zero-order chi connectivity index (χ0) is 22.5. The van der Waals surface area contributed by atoms with E-state index in [0.717, 1.165) is 30.9 Å². The Morgan fingerprint density at radius 3 is 2.56 bits per heavy atom. The number of nitrogens with one attached hydrogen (secondary N) is 2. The number of carbonyl (C=O) groups excluding carboxylic acids is 2. The van der Waals surface area contributed by atoms with Crippen molar-refractivity contribution in [1.82, 2.24) is 5.32 Å². The Kier molecular flexibility index (Phi) is 5.59. The van der Waals surface area contributed by atoms with Gasteiger partial charge in [0, 0.05) is 18.2 Å².